The van der Waals surface area contributed by atoms with Gasteiger partial charge in [-0.2, -0.15) is 0 Å². The van der Waals surface area contributed by atoms with Crippen molar-refractivity contribution < 1.29 is 9.59 Å². The molecule has 0 amide bonds. The van der Waals surface area contributed by atoms with Gasteiger partial charge in [-0.3, -0.25) is 9.59 Å². The van der Waals surface area contributed by atoms with Crippen LogP contribution in [0.2, 0.25) is 0 Å². The molecule has 11 heavy (non-hydrogen) atoms. The molecular formula is C9H12O2. The molecule has 2 heteroatoms. The molecule has 0 bridgehead atoms. The van der Waals surface area contributed by atoms with Crippen LogP contribution in [0.4, 0.5) is 0 Å². The van der Waals surface area contributed by atoms with E-state index in [4.69, 9.17) is 0 Å². The normalized spacial score (nSPS) is 12.0. The molecule has 0 aliphatic heterocycles. The zero-order chi connectivity index (χ0) is 8.69. The summed E-state index contributed by atoms with van der Waals surface area (Å²) < 4.78 is 0. The number of allylic oxidation sites excluding steroid dienone is 4. The van der Waals surface area contributed by atoms with Crippen LogP contribution in [0, 0.1) is 0 Å². The van der Waals surface area contributed by atoms with Gasteiger partial charge in [0.15, 0.2) is 5.78 Å². The highest BCUT2D eigenvalue weighted by Gasteiger charge is 1.84. The van der Waals surface area contributed by atoms with Gasteiger partial charge in [0, 0.05) is 0 Å². The van der Waals surface area contributed by atoms with Gasteiger partial charge in [0.2, 0.25) is 0 Å². The summed E-state index contributed by atoms with van der Waals surface area (Å²) in [6.07, 6.45) is 6.15. The molecule has 0 heterocycles. The highest BCUT2D eigenvalue weighted by molar-refractivity contribution is 5.87. The molecule has 0 fully saturated rings. The lowest BCUT2D eigenvalue weighted by molar-refractivity contribution is -0.112. The standard InChI is InChI=1S/C9H12O2/c1-8(6-7-10)4-3-5-9(2)11/h3,5-7H,4H2,1-2H3. The van der Waals surface area contributed by atoms with Gasteiger partial charge in [-0.15, -0.1) is 0 Å². The molecule has 0 unspecified atom stereocenters. The van der Waals surface area contributed by atoms with Crippen LogP contribution < -0.4 is 0 Å². The fourth-order valence-electron chi connectivity index (χ4n) is 0.595. The summed E-state index contributed by atoms with van der Waals surface area (Å²) in [4.78, 5) is 20.4. The van der Waals surface area contributed by atoms with Crippen molar-refractivity contribution in [1.29, 1.82) is 0 Å². The molecular weight excluding hydrogens is 140 g/mol. The van der Waals surface area contributed by atoms with Crippen molar-refractivity contribution in [2.45, 2.75) is 20.3 Å². The van der Waals surface area contributed by atoms with E-state index in [1.807, 2.05) is 6.92 Å². The van der Waals surface area contributed by atoms with Gasteiger partial charge in [0.25, 0.3) is 0 Å². The van der Waals surface area contributed by atoms with Crippen molar-refractivity contribution in [3.05, 3.63) is 23.8 Å². The number of carbonyl (C=O) groups is 2. The topological polar surface area (TPSA) is 34.1 Å². The lowest BCUT2D eigenvalue weighted by atomic mass is 10.2. The van der Waals surface area contributed by atoms with Gasteiger partial charge in [-0.05, 0) is 32.4 Å². The van der Waals surface area contributed by atoms with Crippen molar-refractivity contribution in [1.82, 2.24) is 0 Å². The van der Waals surface area contributed by atoms with Gasteiger partial charge >= 0.3 is 0 Å². The van der Waals surface area contributed by atoms with E-state index in [2.05, 4.69) is 0 Å². The Balaban J connectivity index is 3.78. The summed E-state index contributed by atoms with van der Waals surface area (Å²) in [5.41, 5.74) is 0.956. The summed E-state index contributed by atoms with van der Waals surface area (Å²) in [6, 6.07) is 0. The monoisotopic (exact) mass is 152 g/mol. The first-order valence-electron chi connectivity index (χ1n) is 3.45. The highest BCUT2D eigenvalue weighted by Crippen LogP contribution is 1.98. The van der Waals surface area contributed by atoms with E-state index in [1.165, 1.54) is 19.1 Å². The largest absolute Gasteiger partial charge is 0.299 e. The Bertz CT molecular complexity index is 200. The van der Waals surface area contributed by atoms with Crippen LogP contribution in [-0.4, -0.2) is 12.1 Å². The third-order valence-electron chi connectivity index (χ3n) is 1.14. The molecule has 0 spiro atoms. The number of aldehydes is 1. The number of rotatable bonds is 4. The summed E-state index contributed by atoms with van der Waals surface area (Å²) in [6.45, 7) is 3.34. The molecule has 0 aliphatic rings. The van der Waals surface area contributed by atoms with Crippen molar-refractivity contribution >= 4 is 12.1 Å². The summed E-state index contributed by atoms with van der Waals surface area (Å²) in [7, 11) is 0. The highest BCUT2D eigenvalue weighted by atomic mass is 16.1. The molecule has 2 nitrogen and oxygen atoms in total. The van der Waals surface area contributed by atoms with Gasteiger partial charge < -0.3 is 0 Å². The third kappa shape index (κ3) is 6.71. The van der Waals surface area contributed by atoms with E-state index in [0.717, 1.165) is 11.9 Å². The first-order valence-corrected chi connectivity index (χ1v) is 3.45. The van der Waals surface area contributed by atoms with Crippen LogP contribution in [0.1, 0.15) is 20.3 Å². The SMILES string of the molecule is CC(=O)C=CCC(C)=CC=O. The smallest absolute Gasteiger partial charge is 0.152 e. The molecule has 0 aromatic carbocycles. The Morgan fingerprint density at radius 2 is 2.00 bits per heavy atom. The fourth-order valence-corrected chi connectivity index (χ4v) is 0.595. The maximum absolute atomic E-state index is 10.4. The molecule has 0 radical (unpaired) electrons. The molecule has 0 aromatic heterocycles. The van der Waals surface area contributed by atoms with E-state index in [0.29, 0.717) is 6.42 Å². The molecule has 0 rings (SSSR count). The van der Waals surface area contributed by atoms with E-state index in [-0.39, 0.29) is 5.78 Å². The Hall–Kier alpha value is -1.18. The minimum Gasteiger partial charge on any atom is -0.299 e. The Morgan fingerprint density at radius 1 is 1.36 bits per heavy atom. The first kappa shape index (κ1) is 9.82. The molecule has 0 atom stereocenters. The molecule has 60 valence electrons. The number of carbonyl (C=O) groups excluding carboxylic acids is 2. The fraction of sp³-hybridized carbons (Fsp3) is 0.333. The third-order valence-corrected chi connectivity index (χ3v) is 1.14. The van der Waals surface area contributed by atoms with Crippen LogP contribution >= 0.6 is 0 Å². The Kier molecular flexibility index (Phi) is 4.99. The van der Waals surface area contributed by atoms with E-state index < -0.39 is 0 Å². The first-order chi connectivity index (χ1) is 5.16. The second kappa shape index (κ2) is 5.59. The van der Waals surface area contributed by atoms with Crippen molar-refractivity contribution in [2.24, 2.45) is 0 Å². The van der Waals surface area contributed by atoms with Crippen LogP contribution in [0.3, 0.4) is 0 Å². The van der Waals surface area contributed by atoms with E-state index in [9.17, 15) is 9.59 Å². The van der Waals surface area contributed by atoms with Gasteiger partial charge in [-0.25, -0.2) is 0 Å². The average Bonchev–Trinajstić information content (AvgIpc) is 1.87. The zero-order valence-electron chi connectivity index (χ0n) is 6.83. The van der Waals surface area contributed by atoms with Crippen molar-refractivity contribution in [3.63, 3.8) is 0 Å². The average molecular weight is 152 g/mol. The lowest BCUT2D eigenvalue weighted by Gasteiger charge is -1.89. The summed E-state index contributed by atoms with van der Waals surface area (Å²) >= 11 is 0. The van der Waals surface area contributed by atoms with Crippen LogP contribution in [0.15, 0.2) is 23.8 Å². The Morgan fingerprint density at radius 3 is 2.45 bits per heavy atom. The minimum absolute atomic E-state index is 0.0314. The van der Waals surface area contributed by atoms with Gasteiger partial charge in [-0.1, -0.05) is 11.6 Å². The molecule has 0 aliphatic carbocycles. The quantitative estimate of drug-likeness (QED) is 0.453. The molecule has 0 saturated heterocycles. The zero-order valence-corrected chi connectivity index (χ0v) is 6.83. The number of hydrogen-bond acceptors (Lipinski definition) is 2. The number of hydrogen-bond donors (Lipinski definition) is 0. The van der Waals surface area contributed by atoms with Crippen LogP contribution in [-0.2, 0) is 9.59 Å². The summed E-state index contributed by atoms with van der Waals surface area (Å²) in [5, 5.41) is 0. The molecule has 0 saturated carbocycles. The lowest BCUT2D eigenvalue weighted by Crippen LogP contribution is -1.80. The van der Waals surface area contributed by atoms with Gasteiger partial charge in [0.1, 0.15) is 6.29 Å². The van der Waals surface area contributed by atoms with E-state index in [1.54, 1.807) is 6.08 Å². The molecule has 0 aromatic rings. The minimum atomic E-state index is 0.0314. The molecule has 0 N–H and O–H groups in total. The predicted octanol–water partition coefficient (Wildman–Crippen LogP) is 1.67. The van der Waals surface area contributed by atoms with Crippen molar-refractivity contribution in [3.8, 4) is 0 Å². The van der Waals surface area contributed by atoms with E-state index >= 15 is 0 Å². The maximum atomic E-state index is 10.4. The second-order valence-electron chi connectivity index (χ2n) is 2.37. The van der Waals surface area contributed by atoms with Crippen molar-refractivity contribution in [2.75, 3.05) is 0 Å². The van der Waals surface area contributed by atoms with Gasteiger partial charge in [0.05, 0.1) is 0 Å². The van der Waals surface area contributed by atoms with Crippen LogP contribution in [0.5, 0.6) is 0 Å². The van der Waals surface area contributed by atoms with Crippen LogP contribution in [0.25, 0.3) is 0 Å². The Labute approximate surface area is 66.6 Å². The number of ketones is 1. The predicted molar refractivity (Wildman–Crippen MR) is 44.3 cm³/mol. The second-order valence-corrected chi connectivity index (χ2v) is 2.37. The summed E-state index contributed by atoms with van der Waals surface area (Å²) in [5.74, 6) is 0.0314. The maximum Gasteiger partial charge on any atom is 0.152 e.